The molecule has 6 aromatic rings. The average Bonchev–Trinajstić information content (AvgIpc) is 3.38. The molecule has 5 aromatic carbocycles. The number of rotatable bonds is 7. The second-order valence-corrected chi connectivity index (χ2v) is 11.1. The van der Waals surface area contributed by atoms with E-state index in [1.54, 1.807) is 35.0 Å². The molecule has 0 saturated heterocycles. The molecule has 0 atom stereocenters. The van der Waals surface area contributed by atoms with Crippen molar-refractivity contribution in [2.45, 2.75) is 18.1 Å². The SMILES string of the molecule is O=C(Nc1nn(C(c2ccccc2)(c2ccccc2)c2cccc(Cc3cccc(F)c3)c2Br)c2ccccc12)C(F)(F)F. The molecule has 0 saturated carbocycles. The number of anilines is 1. The van der Waals surface area contributed by atoms with Crippen LogP contribution in [0.4, 0.5) is 23.4 Å². The van der Waals surface area contributed by atoms with Gasteiger partial charge in [0, 0.05) is 15.4 Å². The summed E-state index contributed by atoms with van der Waals surface area (Å²) in [5, 5.41) is 7.06. The van der Waals surface area contributed by atoms with Crippen molar-refractivity contribution in [2.24, 2.45) is 0 Å². The van der Waals surface area contributed by atoms with Gasteiger partial charge in [0.2, 0.25) is 0 Å². The number of para-hydroxylation sites is 1. The van der Waals surface area contributed by atoms with Crippen molar-refractivity contribution in [3.05, 3.63) is 166 Å². The Balaban J connectivity index is 1.69. The zero-order chi connectivity index (χ0) is 30.9. The second-order valence-electron chi connectivity index (χ2n) is 10.3. The number of carbonyl (C=O) groups is 1. The fraction of sp³-hybridized carbons (Fsp3) is 0.0857. The molecule has 1 amide bonds. The first-order valence-corrected chi connectivity index (χ1v) is 14.5. The van der Waals surface area contributed by atoms with Crippen LogP contribution in [0.5, 0.6) is 0 Å². The predicted octanol–water partition coefficient (Wildman–Crippen LogP) is 8.87. The summed E-state index contributed by atoms with van der Waals surface area (Å²) in [5.41, 5.74) is 3.19. The highest BCUT2D eigenvalue weighted by Crippen LogP contribution is 2.46. The van der Waals surface area contributed by atoms with Gasteiger partial charge >= 0.3 is 12.1 Å². The van der Waals surface area contributed by atoms with Crippen LogP contribution in [-0.4, -0.2) is 21.9 Å². The number of fused-ring (bicyclic) bond motifs is 1. The lowest BCUT2D eigenvalue weighted by Gasteiger charge is -2.38. The van der Waals surface area contributed by atoms with Crippen LogP contribution in [0.3, 0.4) is 0 Å². The Hall–Kier alpha value is -4.76. The van der Waals surface area contributed by atoms with Crippen molar-refractivity contribution < 1.29 is 22.4 Å². The van der Waals surface area contributed by atoms with Gasteiger partial charge in [-0.2, -0.15) is 18.3 Å². The van der Waals surface area contributed by atoms with Crippen molar-refractivity contribution in [1.82, 2.24) is 9.78 Å². The molecule has 44 heavy (non-hydrogen) atoms. The molecule has 1 aromatic heterocycles. The van der Waals surface area contributed by atoms with Crippen LogP contribution in [0.15, 0.2) is 132 Å². The molecule has 0 aliphatic heterocycles. The molecule has 220 valence electrons. The predicted molar refractivity (Wildman–Crippen MR) is 166 cm³/mol. The third kappa shape index (κ3) is 5.28. The average molecular weight is 658 g/mol. The normalized spacial score (nSPS) is 11.9. The molecular weight excluding hydrogens is 634 g/mol. The number of hydrogen-bond acceptors (Lipinski definition) is 2. The minimum absolute atomic E-state index is 0.216. The van der Waals surface area contributed by atoms with E-state index in [9.17, 15) is 22.4 Å². The summed E-state index contributed by atoms with van der Waals surface area (Å²) < 4.78 is 56.7. The molecule has 0 fully saturated rings. The van der Waals surface area contributed by atoms with E-state index in [2.05, 4.69) is 15.9 Å². The maximum absolute atomic E-state index is 14.1. The minimum Gasteiger partial charge on any atom is -0.301 e. The van der Waals surface area contributed by atoms with E-state index in [0.717, 1.165) is 32.3 Å². The van der Waals surface area contributed by atoms with Crippen molar-refractivity contribution in [3.8, 4) is 0 Å². The van der Waals surface area contributed by atoms with E-state index < -0.39 is 17.6 Å². The first-order valence-electron chi connectivity index (χ1n) is 13.7. The Morgan fingerprint density at radius 2 is 1.39 bits per heavy atom. The first-order chi connectivity index (χ1) is 21.2. The van der Waals surface area contributed by atoms with Crippen molar-refractivity contribution >= 4 is 38.6 Å². The fourth-order valence-corrected chi connectivity index (χ4v) is 6.34. The third-order valence-corrected chi connectivity index (χ3v) is 8.47. The summed E-state index contributed by atoms with van der Waals surface area (Å²) in [6.45, 7) is 0. The molecule has 1 heterocycles. The molecule has 4 nitrogen and oxygen atoms in total. The largest absolute Gasteiger partial charge is 0.471 e. The first kappa shape index (κ1) is 29.3. The summed E-state index contributed by atoms with van der Waals surface area (Å²) in [6, 6.07) is 38.0. The van der Waals surface area contributed by atoms with Crippen LogP contribution in [0.2, 0.25) is 0 Å². The molecule has 0 unspecified atom stereocenters. The maximum Gasteiger partial charge on any atom is 0.471 e. The Labute approximate surface area is 259 Å². The van der Waals surface area contributed by atoms with Crippen LogP contribution in [0.1, 0.15) is 27.8 Å². The summed E-state index contributed by atoms with van der Waals surface area (Å²) in [6.07, 6.45) is -4.69. The van der Waals surface area contributed by atoms with Gasteiger partial charge in [-0.1, -0.05) is 119 Å². The van der Waals surface area contributed by atoms with Gasteiger partial charge in [-0.15, -0.1) is 0 Å². The molecule has 0 spiro atoms. The number of benzene rings is 5. The van der Waals surface area contributed by atoms with Crippen LogP contribution in [-0.2, 0) is 16.8 Å². The van der Waals surface area contributed by atoms with Gasteiger partial charge in [0.15, 0.2) is 5.82 Å². The van der Waals surface area contributed by atoms with Gasteiger partial charge in [0.1, 0.15) is 11.4 Å². The highest BCUT2D eigenvalue weighted by molar-refractivity contribution is 9.10. The summed E-state index contributed by atoms with van der Waals surface area (Å²) >= 11 is 3.87. The molecule has 0 aliphatic carbocycles. The number of nitrogens with zero attached hydrogens (tertiary/aromatic N) is 2. The molecule has 0 bridgehead atoms. The molecule has 0 radical (unpaired) electrons. The summed E-state index contributed by atoms with van der Waals surface area (Å²) in [4.78, 5) is 12.1. The van der Waals surface area contributed by atoms with Gasteiger partial charge in [-0.05, 0) is 52.9 Å². The van der Waals surface area contributed by atoms with E-state index in [0.29, 0.717) is 17.3 Å². The second kappa shape index (κ2) is 11.7. The number of amides is 1. The highest BCUT2D eigenvalue weighted by atomic mass is 79.9. The Kier molecular flexibility index (Phi) is 7.82. The topological polar surface area (TPSA) is 46.9 Å². The molecule has 0 aliphatic rings. The van der Waals surface area contributed by atoms with Crippen LogP contribution < -0.4 is 5.32 Å². The van der Waals surface area contributed by atoms with E-state index in [1.165, 1.54) is 12.1 Å². The summed E-state index contributed by atoms with van der Waals surface area (Å²) in [5.74, 6) is -2.67. The zero-order valence-electron chi connectivity index (χ0n) is 23.0. The Morgan fingerprint density at radius 3 is 2.02 bits per heavy atom. The fourth-order valence-electron chi connectivity index (χ4n) is 5.65. The number of halogens is 5. The molecule has 1 N–H and O–H groups in total. The van der Waals surface area contributed by atoms with Crippen LogP contribution in [0.25, 0.3) is 10.9 Å². The van der Waals surface area contributed by atoms with E-state index in [1.807, 2.05) is 90.2 Å². The number of aromatic nitrogens is 2. The lowest BCUT2D eigenvalue weighted by Crippen LogP contribution is -2.39. The van der Waals surface area contributed by atoms with E-state index in [4.69, 9.17) is 5.10 Å². The Morgan fingerprint density at radius 1 is 0.773 bits per heavy atom. The minimum atomic E-state index is -5.10. The maximum atomic E-state index is 14.1. The zero-order valence-corrected chi connectivity index (χ0v) is 24.6. The number of alkyl halides is 3. The van der Waals surface area contributed by atoms with E-state index in [-0.39, 0.29) is 11.6 Å². The van der Waals surface area contributed by atoms with Gasteiger partial charge in [-0.3, -0.25) is 4.79 Å². The third-order valence-electron chi connectivity index (χ3n) is 7.53. The van der Waals surface area contributed by atoms with Gasteiger partial charge < -0.3 is 5.32 Å². The smallest absolute Gasteiger partial charge is 0.301 e. The van der Waals surface area contributed by atoms with Crippen molar-refractivity contribution in [3.63, 3.8) is 0 Å². The monoisotopic (exact) mass is 657 g/mol. The number of hydrogen-bond donors (Lipinski definition) is 1. The number of nitrogens with one attached hydrogen (secondary N) is 1. The quantitative estimate of drug-likeness (QED) is 0.138. The van der Waals surface area contributed by atoms with Crippen LogP contribution in [0, 0.1) is 5.82 Å². The van der Waals surface area contributed by atoms with Gasteiger partial charge in [0.05, 0.1) is 5.52 Å². The van der Waals surface area contributed by atoms with Gasteiger partial charge in [-0.25, -0.2) is 9.07 Å². The Bertz CT molecular complexity index is 1920. The molecular formula is C35H24BrF4N3O. The van der Waals surface area contributed by atoms with Crippen molar-refractivity contribution in [1.29, 1.82) is 0 Å². The molecule has 6 rings (SSSR count). The lowest BCUT2D eigenvalue weighted by molar-refractivity contribution is -0.167. The summed E-state index contributed by atoms with van der Waals surface area (Å²) in [7, 11) is 0. The van der Waals surface area contributed by atoms with Crippen molar-refractivity contribution in [2.75, 3.05) is 5.32 Å². The molecule has 9 heteroatoms. The van der Waals surface area contributed by atoms with Crippen LogP contribution >= 0.6 is 15.9 Å². The lowest BCUT2D eigenvalue weighted by atomic mass is 9.76. The highest BCUT2D eigenvalue weighted by Gasteiger charge is 2.44. The van der Waals surface area contributed by atoms with E-state index >= 15 is 0 Å². The van der Waals surface area contributed by atoms with Gasteiger partial charge in [0.25, 0.3) is 0 Å². The number of carbonyl (C=O) groups excluding carboxylic acids is 1. The standard InChI is InChI=1S/C35H24BrF4N3O/c36-31-24(21-23-11-9-17-27(37)22-23)12-10-19-29(31)34(25-13-3-1-4-14-25,26-15-5-2-6-16-26)43-30-20-8-7-18-28(30)32(42-43)41-33(44)35(38,39)40/h1-20,22H,21H2,(H,41,42,44).